The highest BCUT2D eigenvalue weighted by atomic mass is 79.9. The summed E-state index contributed by atoms with van der Waals surface area (Å²) in [4.78, 5) is 0. The number of hydrogen-bond acceptors (Lipinski definition) is 4. The van der Waals surface area contributed by atoms with Crippen molar-refractivity contribution >= 4 is 21.6 Å². The summed E-state index contributed by atoms with van der Waals surface area (Å²) >= 11 is 3.16. The van der Waals surface area contributed by atoms with Gasteiger partial charge in [0.2, 0.25) is 0 Å². The lowest BCUT2D eigenvalue weighted by molar-refractivity contribution is 0.620. The van der Waals surface area contributed by atoms with Gasteiger partial charge in [0, 0.05) is 11.3 Å². The molecule has 0 amide bonds. The second-order valence-corrected chi connectivity index (χ2v) is 5.40. The van der Waals surface area contributed by atoms with Crippen molar-refractivity contribution in [1.29, 1.82) is 0 Å². The van der Waals surface area contributed by atoms with Gasteiger partial charge < -0.3 is 5.73 Å². The monoisotopic (exact) mass is 347 g/mol. The average molecular weight is 348 g/mol. The summed E-state index contributed by atoms with van der Waals surface area (Å²) in [6.07, 6.45) is 0. The van der Waals surface area contributed by atoms with E-state index in [1.165, 1.54) is 10.7 Å². The van der Waals surface area contributed by atoms with Gasteiger partial charge in [0.1, 0.15) is 5.82 Å². The molecule has 0 atom stereocenters. The number of tetrazole rings is 1. The second-order valence-electron chi connectivity index (χ2n) is 4.55. The fraction of sp³-hybridized carbons (Fsp3) is 0.0714. The van der Waals surface area contributed by atoms with E-state index in [2.05, 4.69) is 31.5 Å². The molecular weight excluding hydrogens is 337 g/mol. The van der Waals surface area contributed by atoms with E-state index in [1.54, 1.807) is 12.1 Å². The van der Waals surface area contributed by atoms with Crippen LogP contribution >= 0.6 is 15.9 Å². The summed E-state index contributed by atoms with van der Waals surface area (Å²) in [5.74, 6) is 0.165. The van der Waals surface area contributed by atoms with E-state index in [1.807, 2.05) is 25.1 Å². The minimum absolute atomic E-state index is 0.344. The molecule has 0 aliphatic carbocycles. The van der Waals surface area contributed by atoms with Gasteiger partial charge in [-0.15, -0.1) is 5.10 Å². The smallest absolute Gasteiger partial charge is 0.189 e. The third-order valence-electron chi connectivity index (χ3n) is 3.18. The fourth-order valence-corrected chi connectivity index (χ4v) is 2.39. The summed E-state index contributed by atoms with van der Waals surface area (Å²) in [5.41, 5.74) is 9.04. The molecule has 3 rings (SSSR count). The van der Waals surface area contributed by atoms with Gasteiger partial charge >= 0.3 is 0 Å². The zero-order valence-electron chi connectivity index (χ0n) is 11.1. The highest BCUT2D eigenvalue weighted by molar-refractivity contribution is 9.10. The standard InChI is InChI=1S/C14H11BrFN5/c1-8-3-2-4-10(13(8)17)14-18-19-20-21(14)9-5-6-12(16)11(15)7-9/h2-7H,17H2,1H3. The molecule has 21 heavy (non-hydrogen) atoms. The maximum atomic E-state index is 13.4. The van der Waals surface area contributed by atoms with Gasteiger partial charge in [-0.05, 0) is 63.1 Å². The quantitative estimate of drug-likeness (QED) is 0.723. The molecule has 1 aromatic heterocycles. The number of nitrogens with two attached hydrogens (primary N) is 1. The van der Waals surface area contributed by atoms with Gasteiger partial charge in [0.25, 0.3) is 0 Å². The lowest BCUT2D eigenvalue weighted by Gasteiger charge is -2.09. The van der Waals surface area contributed by atoms with Crippen molar-refractivity contribution in [2.75, 3.05) is 5.73 Å². The number of nitrogen functional groups attached to an aromatic ring is 1. The predicted molar refractivity (Wildman–Crippen MR) is 81.4 cm³/mol. The van der Waals surface area contributed by atoms with Gasteiger partial charge in [0.05, 0.1) is 10.2 Å². The molecule has 3 aromatic rings. The molecule has 0 aliphatic heterocycles. The first kappa shape index (κ1) is 13.7. The number of para-hydroxylation sites is 1. The van der Waals surface area contributed by atoms with Gasteiger partial charge in [0.15, 0.2) is 5.82 Å². The zero-order valence-corrected chi connectivity index (χ0v) is 12.7. The van der Waals surface area contributed by atoms with E-state index in [9.17, 15) is 4.39 Å². The Hall–Kier alpha value is -2.28. The molecule has 0 spiro atoms. The summed E-state index contributed by atoms with van der Waals surface area (Å²) in [7, 11) is 0. The third kappa shape index (κ3) is 2.40. The summed E-state index contributed by atoms with van der Waals surface area (Å²) in [6.45, 7) is 1.92. The van der Waals surface area contributed by atoms with Crippen LogP contribution in [0.1, 0.15) is 5.56 Å². The molecule has 2 N–H and O–H groups in total. The SMILES string of the molecule is Cc1cccc(-c2nnnn2-c2ccc(F)c(Br)c2)c1N. The molecule has 0 saturated carbocycles. The average Bonchev–Trinajstić information content (AvgIpc) is 2.94. The second kappa shape index (κ2) is 5.25. The molecule has 0 unspecified atom stereocenters. The molecule has 5 nitrogen and oxygen atoms in total. The van der Waals surface area contributed by atoms with Crippen molar-refractivity contribution in [2.24, 2.45) is 0 Å². The molecule has 2 aromatic carbocycles. The first-order valence-corrected chi connectivity index (χ1v) is 6.96. The van der Waals surface area contributed by atoms with Crippen LogP contribution in [0.2, 0.25) is 0 Å². The van der Waals surface area contributed by atoms with Crippen molar-refractivity contribution in [3.8, 4) is 17.1 Å². The summed E-state index contributed by atoms with van der Waals surface area (Å²) < 4.78 is 15.2. The molecule has 0 radical (unpaired) electrons. The van der Waals surface area contributed by atoms with Crippen LogP contribution in [0.3, 0.4) is 0 Å². The van der Waals surface area contributed by atoms with Crippen LogP contribution in [0.15, 0.2) is 40.9 Å². The molecule has 106 valence electrons. The van der Waals surface area contributed by atoms with Gasteiger partial charge in [-0.25, -0.2) is 4.39 Å². The van der Waals surface area contributed by atoms with Crippen LogP contribution in [-0.2, 0) is 0 Å². The summed E-state index contributed by atoms with van der Waals surface area (Å²) in [6, 6.07) is 10.2. The Balaban J connectivity index is 2.17. The van der Waals surface area contributed by atoms with Crippen LogP contribution in [-0.4, -0.2) is 20.2 Å². The van der Waals surface area contributed by atoms with Crippen molar-refractivity contribution in [3.05, 3.63) is 52.3 Å². The first-order chi connectivity index (χ1) is 10.1. The van der Waals surface area contributed by atoms with E-state index in [-0.39, 0.29) is 5.82 Å². The van der Waals surface area contributed by atoms with Crippen LogP contribution in [0.5, 0.6) is 0 Å². The minimum atomic E-state index is -0.344. The van der Waals surface area contributed by atoms with E-state index in [0.717, 1.165) is 11.1 Å². The van der Waals surface area contributed by atoms with Crippen molar-refractivity contribution in [3.63, 3.8) is 0 Å². The van der Waals surface area contributed by atoms with E-state index < -0.39 is 0 Å². The number of aryl methyl sites for hydroxylation is 1. The Bertz CT molecular complexity index is 815. The maximum absolute atomic E-state index is 13.4. The molecule has 0 bridgehead atoms. The number of rotatable bonds is 2. The topological polar surface area (TPSA) is 69.6 Å². The number of aromatic nitrogens is 4. The van der Waals surface area contributed by atoms with Crippen molar-refractivity contribution in [2.45, 2.75) is 6.92 Å². The number of benzene rings is 2. The Morgan fingerprint density at radius 2 is 2.05 bits per heavy atom. The molecule has 0 aliphatic rings. The van der Waals surface area contributed by atoms with E-state index in [4.69, 9.17) is 5.73 Å². The molecule has 0 saturated heterocycles. The summed E-state index contributed by atoms with van der Waals surface area (Å²) in [5, 5.41) is 11.7. The highest BCUT2D eigenvalue weighted by Crippen LogP contribution is 2.28. The van der Waals surface area contributed by atoms with Crippen LogP contribution in [0.25, 0.3) is 17.1 Å². The first-order valence-electron chi connectivity index (χ1n) is 6.17. The Kier molecular flexibility index (Phi) is 3.42. The zero-order chi connectivity index (χ0) is 15.0. The van der Waals surface area contributed by atoms with Crippen LogP contribution in [0.4, 0.5) is 10.1 Å². The number of anilines is 1. The Morgan fingerprint density at radius 3 is 2.81 bits per heavy atom. The Labute approximate surface area is 128 Å². The van der Waals surface area contributed by atoms with Crippen molar-refractivity contribution < 1.29 is 4.39 Å². The number of hydrogen-bond donors (Lipinski definition) is 1. The normalized spacial score (nSPS) is 10.8. The third-order valence-corrected chi connectivity index (χ3v) is 3.79. The van der Waals surface area contributed by atoms with E-state index in [0.29, 0.717) is 21.7 Å². The molecular formula is C14H11BrFN5. The van der Waals surface area contributed by atoms with Gasteiger partial charge in [-0.2, -0.15) is 4.68 Å². The van der Waals surface area contributed by atoms with Crippen LogP contribution in [0, 0.1) is 12.7 Å². The van der Waals surface area contributed by atoms with Gasteiger partial charge in [-0.3, -0.25) is 0 Å². The molecule has 0 fully saturated rings. The fourth-order valence-electron chi connectivity index (χ4n) is 2.02. The van der Waals surface area contributed by atoms with Gasteiger partial charge in [-0.1, -0.05) is 12.1 Å². The number of nitrogens with zero attached hydrogens (tertiary/aromatic N) is 4. The van der Waals surface area contributed by atoms with E-state index >= 15 is 0 Å². The van der Waals surface area contributed by atoms with Crippen LogP contribution < -0.4 is 5.73 Å². The van der Waals surface area contributed by atoms with Crippen molar-refractivity contribution in [1.82, 2.24) is 20.2 Å². The minimum Gasteiger partial charge on any atom is -0.398 e. The highest BCUT2D eigenvalue weighted by Gasteiger charge is 2.15. The largest absolute Gasteiger partial charge is 0.398 e. The molecule has 7 heteroatoms. The number of halogens is 2. The lowest BCUT2D eigenvalue weighted by Crippen LogP contribution is -2.03. The predicted octanol–water partition coefficient (Wildman–Crippen LogP) is 3.12. The lowest BCUT2D eigenvalue weighted by atomic mass is 10.1. The maximum Gasteiger partial charge on any atom is 0.189 e. The Morgan fingerprint density at radius 1 is 1.24 bits per heavy atom. The molecule has 1 heterocycles.